The van der Waals surface area contributed by atoms with Crippen LogP contribution < -0.4 is 5.32 Å². The molecule has 1 fully saturated rings. The number of carbonyl (C=O) groups excluding carboxylic acids is 1. The van der Waals surface area contributed by atoms with Gasteiger partial charge in [-0.1, -0.05) is 27.7 Å². The molecule has 0 aliphatic carbocycles. The smallest absolute Gasteiger partial charge is 0.228 e. The van der Waals surface area contributed by atoms with E-state index in [0.717, 1.165) is 39.0 Å². The summed E-state index contributed by atoms with van der Waals surface area (Å²) in [4.78, 5) is 14.3. The van der Waals surface area contributed by atoms with Crippen molar-refractivity contribution in [3.63, 3.8) is 0 Å². The Balaban J connectivity index is 0.00000289. The molecule has 1 N–H and O–H groups in total. The first kappa shape index (κ1) is 17.7. The van der Waals surface area contributed by atoms with Gasteiger partial charge < -0.3 is 10.2 Å². The van der Waals surface area contributed by atoms with Gasteiger partial charge in [0.1, 0.15) is 0 Å². The van der Waals surface area contributed by atoms with Crippen LogP contribution in [0.25, 0.3) is 0 Å². The fraction of sp³-hybridized carbons (Fsp3) is 0.929. The Kier molecular flexibility index (Phi) is 8.62. The number of hydrogen-bond acceptors (Lipinski definition) is 2. The minimum absolute atomic E-state index is 0. The van der Waals surface area contributed by atoms with Gasteiger partial charge in [0.05, 0.1) is 5.92 Å². The Morgan fingerprint density at radius 3 is 1.83 bits per heavy atom. The lowest BCUT2D eigenvalue weighted by Gasteiger charge is -2.33. The molecule has 0 aromatic heterocycles. The van der Waals surface area contributed by atoms with Crippen molar-refractivity contribution in [1.82, 2.24) is 10.2 Å². The summed E-state index contributed by atoms with van der Waals surface area (Å²) in [5, 5.41) is 3.18. The zero-order chi connectivity index (χ0) is 12.8. The molecule has 1 aliphatic heterocycles. The molecule has 1 aliphatic rings. The summed E-state index contributed by atoms with van der Waals surface area (Å²) < 4.78 is 0. The summed E-state index contributed by atoms with van der Waals surface area (Å²) in [6, 6.07) is 0. The number of carbonyl (C=O) groups is 1. The van der Waals surface area contributed by atoms with Gasteiger partial charge in [-0.25, -0.2) is 0 Å². The first-order valence-electron chi connectivity index (χ1n) is 7.00. The zero-order valence-corrected chi connectivity index (χ0v) is 13.1. The first-order chi connectivity index (χ1) is 8.00. The Morgan fingerprint density at radius 1 is 1.11 bits per heavy atom. The van der Waals surface area contributed by atoms with E-state index < -0.39 is 0 Å². The molecule has 0 aromatic carbocycles. The summed E-state index contributed by atoms with van der Waals surface area (Å²) in [6.07, 6.45) is 2.23. The molecule has 0 atom stereocenters. The Hall–Kier alpha value is -0.280. The van der Waals surface area contributed by atoms with E-state index in [-0.39, 0.29) is 18.3 Å². The van der Waals surface area contributed by atoms with Crippen LogP contribution in [0.5, 0.6) is 0 Å². The van der Waals surface area contributed by atoms with Gasteiger partial charge in [-0.2, -0.15) is 0 Å². The predicted octanol–water partition coefficient (Wildman–Crippen LogP) is 2.55. The summed E-state index contributed by atoms with van der Waals surface area (Å²) in [6.45, 7) is 12.5. The highest BCUT2D eigenvalue weighted by molar-refractivity contribution is 5.85. The number of nitrogens with zero attached hydrogens (tertiary/aromatic N) is 1. The van der Waals surface area contributed by atoms with E-state index in [1.165, 1.54) is 0 Å². The fourth-order valence-corrected chi connectivity index (χ4v) is 1.88. The number of nitrogens with one attached hydrogen (secondary N) is 1. The van der Waals surface area contributed by atoms with Crippen molar-refractivity contribution in [3.05, 3.63) is 0 Å². The average Bonchev–Trinajstić information content (AvgIpc) is 2.13. The van der Waals surface area contributed by atoms with Crippen LogP contribution in [0.4, 0.5) is 0 Å². The summed E-state index contributed by atoms with van der Waals surface area (Å²) >= 11 is 0. The van der Waals surface area contributed by atoms with E-state index in [1.54, 1.807) is 0 Å². The van der Waals surface area contributed by atoms with Crippen LogP contribution in [0, 0.1) is 17.8 Å². The highest BCUT2D eigenvalue weighted by Crippen LogP contribution is 2.13. The number of hydrogen-bond donors (Lipinski definition) is 1. The standard InChI is InChI=1S/C14H28N2O.ClH/c1-11(2)5-7-16(8-6-12(3)4)14(17)13-9-15-10-13;/h11-13,15H,5-10H2,1-4H3;1H. The van der Waals surface area contributed by atoms with Gasteiger partial charge in [0, 0.05) is 26.2 Å². The van der Waals surface area contributed by atoms with E-state index in [0.29, 0.717) is 17.7 Å². The van der Waals surface area contributed by atoms with Crippen LogP contribution in [0.2, 0.25) is 0 Å². The molecular formula is C14H29ClN2O. The highest BCUT2D eigenvalue weighted by atomic mass is 35.5. The molecular weight excluding hydrogens is 248 g/mol. The predicted molar refractivity (Wildman–Crippen MR) is 79.1 cm³/mol. The topological polar surface area (TPSA) is 32.3 Å². The van der Waals surface area contributed by atoms with Crippen molar-refractivity contribution in [2.45, 2.75) is 40.5 Å². The van der Waals surface area contributed by atoms with E-state index in [2.05, 4.69) is 37.9 Å². The van der Waals surface area contributed by atoms with Crippen molar-refractivity contribution in [2.75, 3.05) is 26.2 Å². The van der Waals surface area contributed by atoms with Crippen molar-refractivity contribution in [1.29, 1.82) is 0 Å². The molecule has 1 saturated heterocycles. The monoisotopic (exact) mass is 276 g/mol. The third kappa shape index (κ3) is 6.05. The van der Waals surface area contributed by atoms with Crippen LogP contribution in [0.1, 0.15) is 40.5 Å². The third-order valence-corrected chi connectivity index (χ3v) is 3.40. The molecule has 0 unspecified atom stereocenters. The molecule has 0 aromatic rings. The zero-order valence-electron chi connectivity index (χ0n) is 12.2. The summed E-state index contributed by atoms with van der Waals surface area (Å²) in [7, 11) is 0. The second-order valence-electron chi connectivity index (χ2n) is 6.05. The summed E-state index contributed by atoms with van der Waals surface area (Å²) in [5.41, 5.74) is 0. The van der Waals surface area contributed by atoms with Crippen LogP contribution in [0.15, 0.2) is 0 Å². The molecule has 0 radical (unpaired) electrons. The van der Waals surface area contributed by atoms with Gasteiger partial charge in [-0.3, -0.25) is 4.79 Å². The maximum Gasteiger partial charge on any atom is 0.228 e. The third-order valence-electron chi connectivity index (χ3n) is 3.40. The fourth-order valence-electron chi connectivity index (χ4n) is 1.88. The van der Waals surface area contributed by atoms with E-state index in [9.17, 15) is 4.79 Å². The minimum Gasteiger partial charge on any atom is -0.342 e. The Bertz CT molecular complexity index is 228. The maximum atomic E-state index is 12.2. The van der Waals surface area contributed by atoms with Crippen molar-refractivity contribution >= 4 is 18.3 Å². The average molecular weight is 277 g/mol. The molecule has 108 valence electrons. The minimum atomic E-state index is 0. The van der Waals surface area contributed by atoms with Gasteiger partial charge in [0.2, 0.25) is 5.91 Å². The second-order valence-corrected chi connectivity index (χ2v) is 6.05. The SMILES string of the molecule is CC(C)CCN(CCC(C)C)C(=O)C1CNC1.Cl. The second kappa shape index (κ2) is 8.76. The van der Waals surface area contributed by atoms with Crippen LogP contribution >= 0.6 is 12.4 Å². The molecule has 0 bridgehead atoms. The Labute approximate surface area is 118 Å². The van der Waals surface area contributed by atoms with E-state index >= 15 is 0 Å². The summed E-state index contributed by atoms with van der Waals surface area (Å²) in [5.74, 6) is 1.95. The number of amides is 1. The van der Waals surface area contributed by atoms with Gasteiger partial charge >= 0.3 is 0 Å². The quantitative estimate of drug-likeness (QED) is 0.775. The van der Waals surface area contributed by atoms with Gasteiger partial charge in [0.25, 0.3) is 0 Å². The molecule has 1 heterocycles. The molecule has 3 nitrogen and oxygen atoms in total. The van der Waals surface area contributed by atoms with Crippen molar-refractivity contribution in [3.8, 4) is 0 Å². The molecule has 0 saturated carbocycles. The van der Waals surface area contributed by atoms with Crippen LogP contribution in [-0.4, -0.2) is 37.0 Å². The number of halogens is 1. The molecule has 0 spiro atoms. The lowest BCUT2D eigenvalue weighted by atomic mass is 10.0. The molecule has 1 rings (SSSR count). The van der Waals surface area contributed by atoms with E-state index in [4.69, 9.17) is 0 Å². The van der Waals surface area contributed by atoms with Gasteiger partial charge in [-0.15, -0.1) is 12.4 Å². The van der Waals surface area contributed by atoms with Crippen LogP contribution in [-0.2, 0) is 4.79 Å². The van der Waals surface area contributed by atoms with Crippen molar-refractivity contribution < 1.29 is 4.79 Å². The first-order valence-corrected chi connectivity index (χ1v) is 7.00. The normalized spacial score (nSPS) is 15.4. The number of rotatable bonds is 7. The Morgan fingerprint density at radius 2 is 1.56 bits per heavy atom. The van der Waals surface area contributed by atoms with Gasteiger partial charge in [-0.05, 0) is 24.7 Å². The maximum absolute atomic E-state index is 12.2. The largest absolute Gasteiger partial charge is 0.342 e. The molecule has 4 heteroatoms. The molecule has 18 heavy (non-hydrogen) atoms. The lowest BCUT2D eigenvalue weighted by molar-refractivity contribution is -0.137. The van der Waals surface area contributed by atoms with Crippen molar-refractivity contribution in [2.24, 2.45) is 17.8 Å². The van der Waals surface area contributed by atoms with Gasteiger partial charge in [0.15, 0.2) is 0 Å². The highest BCUT2D eigenvalue weighted by Gasteiger charge is 2.28. The lowest BCUT2D eigenvalue weighted by Crippen LogP contribution is -2.52. The van der Waals surface area contributed by atoms with Crippen LogP contribution in [0.3, 0.4) is 0 Å². The van der Waals surface area contributed by atoms with E-state index in [1.807, 2.05) is 0 Å². The molecule has 1 amide bonds.